The molecule has 39 heavy (non-hydrogen) atoms. The molecular weight excluding hydrogens is 537 g/mol. The van der Waals surface area contributed by atoms with Crippen LogP contribution in [-0.2, 0) is 32.2 Å². The van der Waals surface area contributed by atoms with Gasteiger partial charge in [0.25, 0.3) is 11.8 Å². The Hall–Kier alpha value is -4.40. The molecule has 3 heterocycles. The lowest BCUT2D eigenvalue weighted by molar-refractivity contribution is -0.137. The third-order valence-corrected chi connectivity index (χ3v) is 6.38. The van der Waals surface area contributed by atoms with Gasteiger partial charge in [0.2, 0.25) is 5.01 Å². The van der Waals surface area contributed by atoms with Crippen LogP contribution in [0.2, 0.25) is 0 Å². The van der Waals surface area contributed by atoms with Gasteiger partial charge in [-0.1, -0.05) is 28.7 Å². The molecule has 11 nitrogen and oxygen atoms in total. The summed E-state index contributed by atoms with van der Waals surface area (Å²) in [4.78, 5) is 28.4. The number of alkyl halides is 3. The molecule has 0 bridgehead atoms. The topological polar surface area (TPSA) is 148 Å². The molecule has 0 aliphatic carbocycles. The maximum absolute atomic E-state index is 12.8. The van der Waals surface area contributed by atoms with Gasteiger partial charge in [-0.2, -0.15) is 13.2 Å². The SMILES string of the molecule is O=C(NCc1cccc(O)c1)c1cn(CCCCc2nnc(C(=O)NCc3cc(C(F)(F)F)ccn3)s2)nn1. The summed E-state index contributed by atoms with van der Waals surface area (Å²) in [7, 11) is 0. The highest BCUT2D eigenvalue weighted by molar-refractivity contribution is 7.13. The molecule has 2 amide bonds. The van der Waals surface area contributed by atoms with Crippen molar-refractivity contribution in [3.05, 3.63) is 81.3 Å². The molecule has 0 fully saturated rings. The van der Waals surface area contributed by atoms with E-state index in [1.54, 1.807) is 35.1 Å². The number of carbonyl (C=O) groups is 2. The summed E-state index contributed by atoms with van der Waals surface area (Å²) in [5, 5.41) is 31.2. The lowest BCUT2D eigenvalue weighted by Gasteiger charge is -2.08. The number of aryl methyl sites for hydroxylation is 2. The van der Waals surface area contributed by atoms with Gasteiger partial charge in [-0.05, 0) is 42.7 Å². The van der Waals surface area contributed by atoms with Crippen molar-refractivity contribution in [2.45, 2.75) is 45.1 Å². The van der Waals surface area contributed by atoms with Crippen LogP contribution in [0.3, 0.4) is 0 Å². The van der Waals surface area contributed by atoms with Crippen molar-refractivity contribution in [1.29, 1.82) is 0 Å². The van der Waals surface area contributed by atoms with Crippen LogP contribution in [0.5, 0.6) is 5.75 Å². The summed E-state index contributed by atoms with van der Waals surface area (Å²) < 4.78 is 40.0. The first kappa shape index (κ1) is 27.6. The molecule has 0 saturated heterocycles. The number of phenolic OH excluding ortho intramolecular Hbond substituents is 1. The minimum absolute atomic E-state index is 0.0770. The number of carbonyl (C=O) groups excluding carboxylic acids is 2. The number of aromatic hydroxyl groups is 1. The number of unbranched alkanes of at least 4 members (excludes halogenated alkanes) is 1. The summed E-state index contributed by atoms with van der Waals surface area (Å²) in [6.45, 7) is 0.582. The molecule has 0 spiro atoms. The number of halogens is 3. The van der Waals surface area contributed by atoms with Gasteiger partial charge in [0.05, 0.1) is 24.0 Å². The first-order valence-corrected chi connectivity index (χ1v) is 12.6. The van der Waals surface area contributed by atoms with E-state index in [0.29, 0.717) is 30.8 Å². The molecule has 3 N–H and O–H groups in total. The van der Waals surface area contributed by atoms with Crippen molar-refractivity contribution < 1.29 is 27.9 Å². The lowest BCUT2D eigenvalue weighted by Crippen LogP contribution is -2.23. The van der Waals surface area contributed by atoms with E-state index in [4.69, 9.17) is 0 Å². The normalized spacial score (nSPS) is 11.4. The fourth-order valence-electron chi connectivity index (χ4n) is 3.45. The summed E-state index contributed by atoms with van der Waals surface area (Å²) in [6.07, 6.45) is 0.0761. The number of phenols is 1. The second-order valence-corrected chi connectivity index (χ2v) is 9.46. The van der Waals surface area contributed by atoms with E-state index in [2.05, 4.69) is 36.1 Å². The molecule has 4 aromatic rings. The monoisotopic (exact) mass is 560 g/mol. The largest absolute Gasteiger partial charge is 0.508 e. The summed E-state index contributed by atoms with van der Waals surface area (Å²) in [5.41, 5.74) is 0.166. The minimum atomic E-state index is -4.49. The van der Waals surface area contributed by atoms with Gasteiger partial charge in [-0.3, -0.25) is 19.3 Å². The number of nitrogens with one attached hydrogen (secondary N) is 2. The fraction of sp³-hybridized carbons (Fsp3) is 0.292. The second kappa shape index (κ2) is 12.4. The van der Waals surface area contributed by atoms with Gasteiger partial charge >= 0.3 is 6.18 Å². The van der Waals surface area contributed by atoms with Gasteiger partial charge < -0.3 is 15.7 Å². The van der Waals surface area contributed by atoms with Gasteiger partial charge in [0, 0.05) is 25.7 Å². The predicted octanol–water partition coefficient (Wildman–Crippen LogP) is 3.13. The number of rotatable bonds is 11. The van der Waals surface area contributed by atoms with E-state index in [9.17, 15) is 27.9 Å². The molecule has 0 unspecified atom stereocenters. The number of benzene rings is 1. The highest BCUT2D eigenvalue weighted by atomic mass is 32.1. The van der Waals surface area contributed by atoms with Crippen LogP contribution in [-0.4, -0.2) is 47.1 Å². The quantitative estimate of drug-likeness (QED) is 0.237. The van der Waals surface area contributed by atoms with Crippen LogP contribution < -0.4 is 10.6 Å². The van der Waals surface area contributed by atoms with E-state index in [-0.39, 0.29) is 41.1 Å². The Bertz CT molecular complexity index is 1440. The highest BCUT2D eigenvalue weighted by Crippen LogP contribution is 2.29. The zero-order valence-corrected chi connectivity index (χ0v) is 21.2. The molecule has 204 valence electrons. The van der Waals surface area contributed by atoms with Crippen LogP contribution in [0.25, 0.3) is 0 Å². The number of hydrogen-bond acceptors (Lipinski definition) is 9. The van der Waals surface area contributed by atoms with Crippen LogP contribution >= 0.6 is 11.3 Å². The molecule has 0 saturated carbocycles. The van der Waals surface area contributed by atoms with E-state index in [0.717, 1.165) is 35.2 Å². The third kappa shape index (κ3) is 8.04. The maximum atomic E-state index is 12.8. The molecule has 1 aromatic carbocycles. The van der Waals surface area contributed by atoms with Crippen LogP contribution in [0.1, 0.15) is 55.0 Å². The second-order valence-electron chi connectivity index (χ2n) is 8.39. The lowest BCUT2D eigenvalue weighted by atomic mass is 10.2. The van der Waals surface area contributed by atoms with Crippen molar-refractivity contribution in [2.24, 2.45) is 0 Å². The summed E-state index contributed by atoms with van der Waals surface area (Å²) >= 11 is 1.10. The Kier molecular flexibility index (Phi) is 8.81. The third-order valence-electron chi connectivity index (χ3n) is 5.40. The Morgan fingerprint density at radius 2 is 1.82 bits per heavy atom. The molecule has 15 heteroatoms. The van der Waals surface area contributed by atoms with Crippen molar-refractivity contribution >= 4 is 23.2 Å². The van der Waals surface area contributed by atoms with Crippen LogP contribution in [0, 0.1) is 0 Å². The van der Waals surface area contributed by atoms with E-state index in [1.807, 2.05) is 0 Å². The first-order valence-electron chi connectivity index (χ1n) is 11.8. The fourth-order valence-corrected chi connectivity index (χ4v) is 4.24. The van der Waals surface area contributed by atoms with Gasteiger partial charge in [0.15, 0.2) is 5.69 Å². The molecular formula is C24H23F3N8O3S. The molecule has 0 radical (unpaired) electrons. The zero-order valence-electron chi connectivity index (χ0n) is 20.4. The number of hydrogen-bond donors (Lipinski definition) is 3. The average molecular weight is 561 g/mol. The number of amides is 2. The Morgan fingerprint density at radius 3 is 2.62 bits per heavy atom. The number of nitrogens with zero attached hydrogens (tertiary/aromatic N) is 6. The Balaban J connectivity index is 1.17. The van der Waals surface area contributed by atoms with E-state index >= 15 is 0 Å². The molecule has 0 aliphatic heterocycles. The Labute approximate surface area is 224 Å². The Morgan fingerprint density at radius 1 is 1.00 bits per heavy atom. The predicted molar refractivity (Wildman–Crippen MR) is 133 cm³/mol. The van der Waals surface area contributed by atoms with Crippen LogP contribution in [0.4, 0.5) is 13.2 Å². The van der Waals surface area contributed by atoms with Gasteiger partial charge in [0.1, 0.15) is 10.8 Å². The number of pyridine rings is 1. The minimum Gasteiger partial charge on any atom is -0.508 e. The zero-order chi connectivity index (χ0) is 27.8. The maximum Gasteiger partial charge on any atom is 0.416 e. The first-order chi connectivity index (χ1) is 18.7. The van der Waals surface area contributed by atoms with Crippen molar-refractivity contribution in [3.63, 3.8) is 0 Å². The van der Waals surface area contributed by atoms with Crippen molar-refractivity contribution in [2.75, 3.05) is 0 Å². The standard InChI is InChI=1S/C24H23F3N8O3S/c25-24(26,27)16-7-8-28-17(11-16)13-30-22(38)23-33-32-20(39-23)6-1-2-9-35-14-19(31-34-35)21(37)29-12-15-4-3-5-18(36)10-15/h3-5,7-8,10-11,14,36H,1-2,6,9,12-13H2,(H,29,37)(H,30,38). The average Bonchev–Trinajstić information content (AvgIpc) is 3.58. The van der Waals surface area contributed by atoms with Gasteiger partial charge in [-0.15, -0.1) is 15.3 Å². The van der Waals surface area contributed by atoms with E-state index < -0.39 is 17.6 Å². The molecule has 3 aromatic heterocycles. The molecule has 0 atom stereocenters. The van der Waals surface area contributed by atoms with E-state index in [1.165, 1.54) is 0 Å². The van der Waals surface area contributed by atoms with Crippen molar-refractivity contribution in [1.82, 2.24) is 40.8 Å². The van der Waals surface area contributed by atoms with Crippen LogP contribution in [0.15, 0.2) is 48.8 Å². The van der Waals surface area contributed by atoms with Crippen molar-refractivity contribution in [3.8, 4) is 5.75 Å². The summed E-state index contributed by atoms with van der Waals surface area (Å²) in [6, 6.07) is 8.32. The molecule has 4 rings (SSSR count). The highest BCUT2D eigenvalue weighted by Gasteiger charge is 2.30. The van der Waals surface area contributed by atoms with Gasteiger partial charge in [-0.25, -0.2) is 0 Å². The molecule has 0 aliphatic rings. The number of aromatic nitrogens is 6. The summed E-state index contributed by atoms with van der Waals surface area (Å²) in [5.74, 6) is -0.809. The smallest absolute Gasteiger partial charge is 0.416 e.